The fourth-order valence-corrected chi connectivity index (χ4v) is 3.10. The Morgan fingerprint density at radius 2 is 1.43 bits per heavy atom. The minimum Gasteiger partial charge on any atom is -0.323 e. The van der Waals surface area contributed by atoms with Crippen LogP contribution in [-0.2, 0) is 6.42 Å². The number of nitrogens with zero attached hydrogens (tertiary/aromatic N) is 1. The minimum absolute atomic E-state index is 0.981. The number of pyridine rings is 1. The van der Waals surface area contributed by atoms with Crippen LogP contribution >= 0.6 is 0 Å². The van der Waals surface area contributed by atoms with Crippen molar-refractivity contribution in [3.05, 3.63) is 102 Å². The second kappa shape index (κ2) is 5.77. The van der Waals surface area contributed by atoms with E-state index in [1.165, 1.54) is 33.3 Å². The first kappa shape index (κ1) is 13.8. The number of fused-ring (bicyclic) bond motifs is 1. The van der Waals surface area contributed by atoms with Crippen molar-refractivity contribution in [1.29, 1.82) is 0 Å². The molecule has 0 aliphatic carbocycles. The average molecular weight is 297 g/mol. The summed E-state index contributed by atoms with van der Waals surface area (Å²) < 4.78 is 2.23. The topological polar surface area (TPSA) is 4.41 Å². The third-order valence-electron chi connectivity index (χ3n) is 4.39. The molecule has 2 heterocycles. The van der Waals surface area contributed by atoms with Gasteiger partial charge in [0.2, 0.25) is 0 Å². The molecule has 0 radical (unpaired) electrons. The van der Waals surface area contributed by atoms with Crippen LogP contribution in [0.25, 0.3) is 16.6 Å². The highest BCUT2D eigenvalue weighted by Gasteiger charge is 2.06. The molecule has 0 atom stereocenters. The maximum Gasteiger partial charge on any atom is 0.0459 e. The van der Waals surface area contributed by atoms with Gasteiger partial charge in [-0.2, -0.15) is 0 Å². The number of benzene rings is 2. The molecule has 23 heavy (non-hydrogen) atoms. The Bertz CT molecular complexity index is 934. The van der Waals surface area contributed by atoms with Gasteiger partial charge in [-0.25, -0.2) is 0 Å². The lowest BCUT2D eigenvalue weighted by molar-refractivity contribution is 1.09. The van der Waals surface area contributed by atoms with Gasteiger partial charge < -0.3 is 4.40 Å². The Hall–Kier alpha value is -2.80. The summed E-state index contributed by atoms with van der Waals surface area (Å²) in [6, 6.07) is 25.8. The van der Waals surface area contributed by atoms with Crippen LogP contribution in [0.15, 0.2) is 85.2 Å². The normalized spacial score (nSPS) is 11.0. The van der Waals surface area contributed by atoms with Crippen LogP contribution in [0, 0.1) is 6.92 Å². The monoisotopic (exact) mass is 297 g/mol. The van der Waals surface area contributed by atoms with Crippen LogP contribution in [0.5, 0.6) is 0 Å². The lowest BCUT2D eigenvalue weighted by Crippen LogP contribution is -1.94. The first-order chi connectivity index (χ1) is 11.3. The van der Waals surface area contributed by atoms with Gasteiger partial charge in [0.05, 0.1) is 0 Å². The van der Waals surface area contributed by atoms with E-state index in [1.807, 2.05) is 0 Å². The summed E-state index contributed by atoms with van der Waals surface area (Å²) in [4.78, 5) is 0. The van der Waals surface area contributed by atoms with E-state index in [0.29, 0.717) is 0 Å². The van der Waals surface area contributed by atoms with Crippen molar-refractivity contribution in [1.82, 2.24) is 4.40 Å². The third kappa shape index (κ3) is 2.78. The molecule has 0 saturated carbocycles. The van der Waals surface area contributed by atoms with E-state index in [0.717, 1.165) is 6.42 Å². The number of hydrogen-bond acceptors (Lipinski definition) is 0. The molecule has 2 aromatic carbocycles. The van der Waals surface area contributed by atoms with E-state index in [-0.39, 0.29) is 0 Å². The predicted octanol–water partition coefficient (Wildman–Crippen LogP) is 5.51. The molecule has 1 nitrogen and oxygen atoms in total. The molecule has 0 saturated heterocycles. The van der Waals surface area contributed by atoms with Crippen LogP contribution in [0.3, 0.4) is 0 Å². The molecule has 0 aliphatic rings. The molecule has 0 aliphatic heterocycles. The Labute approximate surface area is 136 Å². The number of aryl methyl sites for hydroxylation is 1. The van der Waals surface area contributed by atoms with E-state index in [1.54, 1.807) is 0 Å². The van der Waals surface area contributed by atoms with E-state index >= 15 is 0 Å². The average Bonchev–Trinajstić information content (AvgIpc) is 3.00. The highest BCUT2D eigenvalue weighted by Crippen LogP contribution is 2.25. The van der Waals surface area contributed by atoms with Gasteiger partial charge in [-0.15, -0.1) is 0 Å². The first-order valence-electron chi connectivity index (χ1n) is 8.00. The largest absolute Gasteiger partial charge is 0.323 e. The molecule has 0 unspecified atom stereocenters. The highest BCUT2D eigenvalue weighted by molar-refractivity contribution is 5.71. The summed E-state index contributed by atoms with van der Waals surface area (Å²) in [5, 5.41) is 0. The molecule has 1 heteroatoms. The van der Waals surface area contributed by atoms with Gasteiger partial charge in [0.15, 0.2) is 0 Å². The first-order valence-corrected chi connectivity index (χ1v) is 8.00. The fraction of sp³-hybridized carbons (Fsp3) is 0.0909. The van der Waals surface area contributed by atoms with Gasteiger partial charge in [-0.3, -0.25) is 0 Å². The van der Waals surface area contributed by atoms with Crippen molar-refractivity contribution in [3.63, 3.8) is 0 Å². The van der Waals surface area contributed by atoms with Crippen LogP contribution in [-0.4, -0.2) is 4.40 Å². The molecule has 4 rings (SSSR count). The molecular formula is C22H19N. The SMILES string of the molecule is Cc1cn2cc(-c3ccccc3)cc2cc1Cc1ccccc1. The summed E-state index contributed by atoms with van der Waals surface area (Å²) in [6.45, 7) is 2.19. The molecule has 112 valence electrons. The van der Waals surface area contributed by atoms with Gasteiger partial charge in [0.25, 0.3) is 0 Å². The standard InChI is InChI=1S/C22H19N/c1-17-15-23-16-21(19-10-6-3-7-11-19)14-22(23)13-20(17)12-18-8-4-2-5-9-18/h2-11,13-16H,12H2,1H3. The Kier molecular flexibility index (Phi) is 3.47. The van der Waals surface area contributed by atoms with Gasteiger partial charge in [-0.1, -0.05) is 60.7 Å². The summed E-state index contributed by atoms with van der Waals surface area (Å²) >= 11 is 0. The second-order valence-electron chi connectivity index (χ2n) is 6.07. The van der Waals surface area contributed by atoms with Gasteiger partial charge in [0.1, 0.15) is 0 Å². The van der Waals surface area contributed by atoms with Gasteiger partial charge >= 0.3 is 0 Å². The van der Waals surface area contributed by atoms with Gasteiger partial charge in [0, 0.05) is 23.5 Å². The van der Waals surface area contributed by atoms with E-state index in [4.69, 9.17) is 0 Å². The highest BCUT2D eigenvalue weighted by atomic mass is 14.9. The molecule has 4 aromatic rings. The second-order valence-corrected chi connectivity index (χ2v) is 6.07. The maximum absolute atomic E-state index is 2.31. The molecule has 0 bridgehead atoms. The van der Waals surface area contributed by atoms with Crippen molar-refractivity contribution in [3.8, 4) is 11.1 Å². The Balaban J connectivity index is 1.75. The zero-order valence-electron chi connectivity index (χ0n) is 13.2. The van der Waals surface area contributed by atoms with Gasteiger partial charge in [-0.05, 0) is 47.7 Å². The smallest absolute Gasteiger partial charge is 0.0459 e. The van der Waals surface area contributed by atoms with Crippen molar-refractivity contribution in [2.75, 3.05) is 0 Å². The van der Waals surface area contributed by atoms with Crippen molar-refractivity contribution in [2.24, 2.45) is 0 Å². The van der Waals surface area contributed by atoms with Crippen molar-refractivity contribution >= 4 is 5.52 Å². The maximum atomic E-state index is 2.31. The lowest BCUT2D eigenvalue weighted by atomic mass is 10.0. The van der Waals surface area contributed by atoms with E-state index < -0.39 is 0 Å². The van der Waals surface area contributed by atoms with Crippen LogP contribution in [0.4, 0.5) is 0 Å². The summed E-state index contributed by atoms with van der Waals surface area (Å²) in [7, 11) is 0. The van der Waals surface area contributed by atoms with E-state index in [9.17, 15) is 0 Å². The molecule has 0 fully saturated rings. The quantitative estimate of drug-likeness (QED) is 0.470. The predicted molar refractivity (Wildman–Crippen MR) is 96.8 cm³/mol. The molecule has 0 amide bonds. The molecular weight excluding hydrogens is 278 g/mol. The van der Waals surface area contributed by atoms with Crippen LogP contribution < -0.4 is 0 Å². The molecule has 0 N–H and O–H groups in total. The Morgan fingerprint density at radius 1 is 0.739 bits per heavy atom. The third-order valence-corrected chi connectivity index (χ3v) is 4.39. The number of hydrogen-bond donors (Lipinski definition) is 0. The molecule has 2 aromatic heterocycles. The van der Waals surface area contributed by atoms with E-state index in [2.05, 4.69) is 96.5 Å². The fourth-order valence-electron chi connectivity index (χ4n) is 3.10. The molecule has 0 spiro atoms. The summed E-state index contributed by atoms with van der Waals surface area (Å²) in [5.74, 6) is 0. The van der Waals surface area contributed by atoms with Crippen molar-refractivity contribution in [2.45, 2.75) is 13.3 Å². The minimum atomic E-state index is 0.981. The summed E-state index contributed by atoms with van der Waals surface area (Å²) in [6.07, 6.45) is 5.43. The van der Waals surface area contributed by atoms with Crippen molar-refractivity contribution < 1.29 is 0 Å². The summed E-state index contributed by atoms with van der Waals surface area (Å²) in [5.41, 5.74) is 7.86. The van der Waals surface area contributed by atoms with Crippen LogP contribution in [0.1, 0.15) is 16.7 Å². The zero-order chi connectivity index (χ0) is 15.6. The number of rotatable bonds is 3. The number of aromatic nitrogens is 1. The Morgan fingerprint density at radius 3 is 2.17 bits per heavy atom. The van der Waals surface area contributed by atoms with Crippen LogP contribution in [0.2, 0.25) is 0 Å². The lowest BCUT2D eigenvalue weighted by Gasteiger charge is -2.07. The zero-order valence-corrected chi connectivity index (χ0v) is 13.2.